The number of hydrogen-bond donors (Lipinski definition) is 1. The van der Waals surface area contributed by atoms with E-state index < -0.39 is 0 Å². The Kier molecular flexibility index (Phi) is 5.92. The van der Waals surface area contributed by atoms with Gasteiger partial charge in [-0.25, -0.2) is 0 Å². The van der Waals surface area contributed by atoms with Gasteiger partial charge in [-0.1, -0.05) is 70.9 Å². The Bertz CT molecular complexity index is 928. The fraction of sp³-hybridized carbons (Fsp3) is 0.158. The maximum absolute atomic E-state index is 12.7. The monoisotopic (exact) mass is 422 g/mol. The standard InChI is InChI=1S/C19H16Cl2N2OS2/c1-11-3-6-16(12(2)7-11)22-10-23-18(24)17(26-19(23)25)9-13-4-5-14(20)15(21)8-13/h3-9,22H,10H2,1-2H3. The summed E-state index contributed by atoms with van der Waals surface area (Å²) in [7, 11) is 0. The van der Waals surface area contributed by atoms with Crippen molar-refractivity contribution in [1.82, 2.24) is 4.90 Å². The molecule has 1 N–H and O–H groups in total. The third-order valence-corrected chi connectivity index (χ3v) is 6.04. The number of carbonyl (C=O) groups is 1. The van der Waals surface area contributed by atoms with Gasteiger partial charge in [0, 0.05) is 5.69 Å². The van der Waals surface area contributed by atoms with E-state index in [0.29, 0.717) is 25.9 Å². The molecule has 2 aromatic carbocycles. The van der Waals surface area contributed by atoms with Crippen molar-refractivity contribution in [3.8, 4) is 0 Å². The van der Waals surface area contributed by atoms with E-state index in [1.54, 1.807) is 23.1 Å². The fourth-order valence-corrected chi connectivity index (χ4v) is 4.13. The highest BCUT2D eigenvalue weighted by molar-refractivity contribution is 8.26. The minimum absolute atomic E-state index is 0.122. The van der Waals surface area contributed by atoms with Crippen molar-refractivity contribution < 1.29 is 4.79 Å². The number of carbonyl (C=O) groups excluding carboxylic acids is 1. The molecule has 3 rings (SSSR count). The zero-order valence-corrected chi connectivity index (χ0v) is 17.3. The van der Waals surface area contributed by atoms with Gasteiger partial charge in [0.1, 0.15) is 4.32 Å². The van der Waals surface area contributed by atoms with Crippen LogP contribution in [0, 0.1) is 13.8 Å². The number of nitrogens with zero attached hydrogens (tertiary/aromatic N) is 1. The Hall–Kier alpha value is -1.53. The third-order valence-electron chi connectivity index (χ3n) is 3.92. The first-order valence-electron chi connectivity index (χ1n) is 7.86. The maximum atomic E-state index is 12.7. The second kappa shape index (κ2) is 8.01. The molecule has 1 fully saturated rings. The van der Waals surface area contributed by atoms with Gasteiger partial charge in [0.2, 0.25) is 0 Å². The largest absolute Gasteiger partial charge is 0.367 e. The summed E-state index contributed by atoms with van der Waals surface area (Å²) in [6.07, 6.45) is 1.78. The first kappa shape index (κ1) is 19.2. The lowest BCUT2D eigenvalue weighted by molar-refractivity contribution is -0.121. The molecule has 0 aliphatic carbocycles. The Labute approximate surface area is 172 Å². The lowest BCUT2D eigenvalue weighted by Gasteiger charge is -2.17. The van der Waals surface area contributed by atoms with Crippen LogP contribution in [0.4, 0.5) is 5.69 Å². The summed E-state index contributed by atoms with van der Waals surface area (Å²) < 4.78 is 0.526. The molecule has 1 amide bonds. The van der Waals surface area contributed by atoms with Crippen LogP contribution in [0.1, 0.15) is 16.7 Å². The summed E-state index contributed by atoms with van der Waals surface area (Å²) in [6, 6.07) is 11.4. The third kappa shape index (κ3) is 4.23. The van der Waals surface area contributed by atoms with Gasteiger partial charge in [-0.15, -0.1) is 0 Å². The van der Waals surface area contributed by atoms with Crippen LogP contribution in [0.15, 0.2) is 41.3 Å². The fourth-order valence-electron chi connectivity index (χ4n) is 2.57. The van der Waals surface area contributed by atoms with Crippen LogP contribution in [0.3, 0.4) is 0 Å². The van der Waals surface area contributed by atoms with Gasteiger partial charge in [0.25, 0.3) is 5.91 Å². The molecule has 0 radical (unpaired) electrons. The summed E-state index contributed by atoms with van der Waals surface area (Å²) in [6.45, 7) is 4.41. The number of hydrogen-bond acceptors (Lipinski definition) is 4. The molecule has 2 aromatic rings. The van der Waals surface area contributed by atoms with Crippen molar-refractivity contribution in [2.45, 2.75) is 13.8 Å². The van der Waals surface area contributed by atoms with E-state index in [-0.39, 0.29) is 5.91 Å². The molecule has 1 saturated heterocycles. The summed E-state index contributed by atoms with van der Waals surface area (Å²) in [5, 5.41) is 4.21. The lowest BCUT2D eigenvalue weighted by atomic mass is 10.1. The number of anilines is 1. The number of halogens is 2. The number of aryl methyl sites for hydroxylation is 2. The number of thioether (sulfide) groups is 1. The highest BCUT2D eigenvalue weighted by Crippen LogP contribution is 2.33. The molecule has 1 heterocycles. The van der Waals surface area contributed by atoms with Crippen molar-refractivity contribution in [3.63, 3.8) is 0 Å². The molecule has 0 aromatic heterocycles. The van der Waals surface area contributed by atoms with Crippen LogP contribution in [0.5, 0.6) is 0 Å². The number of rotatable bonds is 4. The van der Waals surface area contributed by atoms with Crippen LogP contribution in [-0.4, -0.2) is 21.8 Å². The lowest BCUT2D eigenvalue weighted by Crippen LogP contribution is -2.33. The van der Waals surface area contributed by atoms with Crippen molar-refractivity contribution in [2.75, 3.05) is 12.0 Å². The van der Waals surface area contributed by atoms with Gasteiger partial charge in [-0.2, -0.15) is 0 Å². The molecule has 0 unspecified atom stereocenters. The summed E-state index contributed by atoms with van der Waals surface area (Å²) in [4.78, 5) is 14.8. The molecule has 0 bridgehead atoms. The Balaban J connectivity index is 1.74. The number of nitrogens with one attached hydrogen (secondary N) is 1. The molecule has 26 heavy (non-hydrogen) atoms. The van der Waals surface area contributed by atoms with Gasteiger partial charge < -0.3 is 5.32 Å². The molecular formula is C19H16Cl2N2OS2. The van der Waals surface area contributed by atoms with E-state index in [2.05, 4.69) is 11.4 Å². The smallest absolute Gasteiger partial charge is 0.267 e. The van der Waals surface area contributed by atoms with Gasteiger partial charge in [0.15, 0.2) is 0 Å². The number of amides is 1. The predicted octanol–water partition coefficient (Wildman–Crippen LogP) is 5.88. The zero-order chi connectivity index (χ0) is 18.8. The van der Waals surface area contributed by atoms with Crippen molar-refractivity contribution >= 4 is 69.2 Å². The van der Waals surface area contributed by atoms with E-state index >= 15 is 0 Å². The zero-order valence-electron chi connectivity index (χ0n) is 14.2. The van der Waals surface area contributed by atoms with Crippen LogP contribution < -0.4 is 5.32 Å². The Morgan fingerprint density at radius 1 is 1.15 bits per heavy atom. The van der Waals surface area contributed by atoms with E-state index in [0.717, 1.165) is 16.8 Å². The number of thiocarbonyl (C=S) groups is 1. The first-order valence-corrected chi connectivity index (χ1v) is 9.85. The average molecular weight is 423 g/mol. The molecule has 3 nitrogen and oxygen atoms in total. The Morgan fingerprint density at radius 3 is 2.62 bits per heavy atom. The second-order valence-electron chi connectivity index (χ2n) is 5.94. The Morgan fingerprint density at radius 2 is 1.92 bits per heavy atom. The van der Waals surface area contributed by atoms with Gasteiger partial charge in [-0.05, 0) is 49.2 Å². The van der Waals surface area contributed by atoms with Gasteiger partial charge in [-0.3, -0.25) is 9.69 Å². The van der Waals surface area contributed by atoms with Gasteiger partial charge >= 0.3 is 0 Å². The topological polar surface area (TPSA) is 32.3 Å². The molecule has 1 aliphatic heterocycles. The summed E-state index contributed by atoms with van der Waals surface area (Å²) in [5.41, 5.74) is 4.12. The van der Waals surface area contributed by atoms with E-state index in [1.807, 2.05) is 32.0 Å². The minimum Gasteiger partial charge on any atom is -0.367 e. The van der Waals surface area contributed by atoms with E-state index in [1.165, 1.54) is 17.3 Å². The molecule has 0 atom stereocenters. The SMILES string of the molecule is Cc1ccc(NCN2C(=O)C(=Cc3ccc(Cl)c(Cl)c3)SC2=S)c(C)c1. The van der Waals surface area contributed by atoms with Crippen molar-refractivity contribution in [2.24, 2.45) is 0 Å². The van der Waals surface area contributed by atoms with Gasteiger partial charge in [0.05, 0.1) is 21.6 Å². The average Bonchev–Trinajstić information content (AvgIpc) is 2.84. The molecule has 7 heteroatoms. The van der Waals surface area contributed by atoms with E-state index in [9.17, 15) is 4.79 Å². The summed E-state index contributed by atoms with van der Waals surface area (Å²) in [5.74, 6) is -0.122. The normalized spacial score (nSPS) is 15.8. The van der Waals surface area contributed by atoms with Crippen LogP contribution in [0.2, 0.25) is 10.0 Å². The molecule has 0 saturated carbocycles. The second-order valence-corrected chi connectivity index (χ2v) is 8.43. The molecule has 134 valence electrons. The number of benzene rings is 2. The minimum atomic E-state index is -0.122. The predicted molar refractivity (Wildman–Crippen MR) is 116 cm³/mol. The highest BCUT2D eigenvalue weighted by Gasteiger charge is 2.31. The van der Waals surface area contributed by atoms with E-state index in [4.69, 9.17) is 35.4 Å². The first-order chi connectivity index (χ1) is 12.3. The van der Waals surface area contributed by atoms with Crippen LogP contribution in [0.25, 0.3) is 6.08 Å². The molecule has 0 spiro atoms. The van der Waals surface area contributed by atoms with Crippen LogP contribution in [-0.2, 0) is 4.79 Å². The van der Waals surface area contributed by atoms with Crippen LogP contribution >= 0.6 is 47.2 Å². The van der Waals surface area contributed by atoms with Crippen molar-refractivity contribution in [1.29, 1.82) is 0 Å². The maximum Gasteiger partial charge on any atom is 0.267 e. The quantitative estimate of drug-likeness (QED) is 0.492. The molecular weight excluding hydrogens is 407 g/mol. The highest BCUT2D eigenvalue weighted by atomic mass is 35.5. The van der Waals surface area contributed by atoms with Crippen molar-refractivity contribution in [3.05, 3.63) is 68.0 Å². The molecule has 1 aliphatic rings. The summed E-state index contributed by atoms with van der Waals surface area (Å²) >= 11 is 18.6.